The van der Waals surface area contributed by atoms with Crippen LogP contribution in [0, 0.1) is 17.8 Å². The maximum atomic E-state index is 12.5. The number of hydrogen-bond donors (Lipinski definition) is 2. The molecule has 2 N–H and O–H groups in total. The lowest BCUT2D eigenvalue weighted by Crippen LogP contribution is -2.52. The first kappa shape index (κ1) is 14.1. The van der Waals surface area contributed by atoms with Crippen molar-refractivity contribution in [2.45, 2.75) is 38.1 Å². The van der Waals surface area contributed by atoms with Gasteiger partial charge in [-0.1, -0.05) is 43.7 Å². The monoisotopic (exact) mass is 287 g/mol. The Morgan fingerprint density at radius 2 is 1.86 bits per heavy atom. The van der Waals surface area contributed by atoms with Crippen LogP contribution in [-0.2, 0) is 15.1 Å². The van der Waals surface area contributed by atoms with Gasteiger partial charge in [0.15, 0.2) is 5.54 Å². The second kappa shape index (κ2) is 5.17. The van der Waals surface area contributed by atoms with Crippen molar-refractivity contribution in [2.24, 2.45) is 17.8 Å². The molecule has 112 valence electrons. The van der Waals surface area contributed by atoms with E-state index in [2.05, 4.69) is 5.32 Å². The molecule has 2 fully saturated rings. The lowest BCUT2D eigenvalue weighted by Gasteiger charge is -2.30. The van der Waals surface area contributed by atoms with E-state index in [1.807, 2.05) is 6.07 Å². The highest BCUT2D eigenvalue weighted by molar-refractivity contribution is 5.90. The molecule has 1 amide bonds. The molecule has 3 atom stereocenters. The summed E-state index contributed by atoms with van der Waals surface area (Å²) in [5.74, 6) is -0.0610. The zero-order chi connectivity index (χ0) is 15.0. The number of carbonyl (C=O) groups is 2. The van der Waals surface area contributed by atoms with Crippen LogP contribution in [0.5, 0.6) is 0 Å². The van der Waals surface area contributed by atoms with Gasteiger partial charge in [-0.05, 0) is 36.7 Å². The summed E-state index contributed by atoms with van der Waals surface area (Å²) < 4.78 is 0. The van der Waals surface area contributed by atoms with Crippen LogP contribution in [0.4, 0.5) is 0 Å². The van der Waals surface area contributed by atoms with E-state index in [1.54, 1.807) is 31.2 Å². The molecule has 1 aromatic rings. The number of benzene rings is 1. The van der Waals surface area contributed by atoms with Crippen LogP contribution in [0.1, 0.15) is 38.2 Å². The second-order valence-corrected chi connectivity index (χ2v) is 6.20. The number of aliphatic carboxylic acids is 1. The molecular weight excluding hydrogens is 266 g/mol. The van der Waals surface area contributed by atoms with Crippen molar-refractivity contribution in [1.82, 2.24) is 5.32 Å². The molecule has 0 heterocycles. The van der Waals surface area contributed by atoms with Crippen molar-refractivity contribution in [3.05, 3.63) is 35.9 Å². The van der Waals surface area contributed by atoms with Gasteiger partial charge in [0.1, 0.15) is 0 Å². The summed E-state index contributed by atoms with van der Waals surface area (Å²) in [5, 5.41) is 12.6. The van der Waals surface area contributed by atoms with E-state index in [0.717, 1.165) is 12.8 Å². The van der Waals surface area contributed by atoms with Crippen molar-refractivity contribution < 1.29 is 14.7 Å². The first-order chi connectivity index (χ1) is 10.1. The van der Waals surface area contributed by atoms with Crippen LogP contribution in [0.3, 0.4) is 0 Å². The number of amides is 1. The first-order valence-corrected chi connectivity index (χ1v) is 7.71. The summed E-state index contributed by atoms with van der Waals surface area (Å²) in [6.07, 6.45) is 3.76. The van der Waals surface area contributed by atoms with Crippen LogP contribution in [0.25, 0.3) is 0 Å². The maximum absolute atomic E-state index is 12.5. The Labute approximate surface area is 124 Å². The minimum absolute atomic E-state index is 0.0349. The van der Waals surface area contributed by atoms with E-state index >= 15 is 0 Å². The summed E-state index contributed by atoms with van der Waals surface area (Å²) in [6, 6.07) is 9.00. The normalized spacial score (nSPS) is 29.3. The SMILES string of the molecule is CCC(NC(=O)C1C2CCCC21)(C(=O)O)c1ccccc1. The summed E-state index contributed by atoms with van der Waals surface area (Å²) in [4.78, 5) is 24.4. The van der Waals surface area contributed by atoms with Gasteiger partial charge in [0.2, 0.25) is 5.91 Å². The fourth-order valence-electron chi connectivity index (χ4n) is 3.92. The molecule has 2 aliphatic carbocycles. The van der Waals surface area contributed by atoms with Gasteiger partial charge in [-0.25, -0.2) is 4.79 Å². The van der Waals surface area contributed by atoms with E-state index in [4.69, 9.17) is 0 Å². The van der Waals surface area contributed by atoms with Crippen LogP contribution in [0.15, 0.2) is 30.3 Å². The zero-order valence-corrected chi connectivity index (χ0v) is 12.2. The highest BCUT2D eigenvalue weighted by atomic mass is 16.4. The topological polar surface area (TPSA) is 66.4 Å². The quantitative estimate of drug-likeness (QED) is 0.874. The Morgan fingerprint density at radius 3 is 2.38 bits per heavy atom. The molecular formula is C17H21NO3. The second-order valence-electron chi connectivity index (χ2n) is 6.20. The average molecular weight is 287 g/mol. The fourth-order valence-corrected chi connectivity index (χ4v) is 3.92. The Bertz CT molecular complexity index is 546. The van der Waals surface area contributed by atoms with Gasteiger partial charge in [-0.3, -0.25) is 4.79 Å². The summed E-state index contributed by atoms with van der Waals surface area (Å²) in [5.41, 5.74) is -0.672. The Balaban J connectivity index is 1.83. The fraction of sp³-hybridized carbons (Fsp3) is 0.529. The van der Waals surface area contributed by atoms with Crippen molar-refractivity contribution in [2.75, 3.05) is 0 Å². The minimum Gasteiger partial charge on any atom is -0.479 e. The molecule has 2 saturated carbocycles. The number of fused-ring (bicyclic) bond motifs is 1. The minimum atomic E-state index is -1.31. The first-order valence-electron chi connectivity index (χ1n) is 7.71. The lowest BCUT2D eigenvalue weighted by molar-refractivity contribution is -0.148. The standard InChI is InChI=1S/C17H21NO3/c1-2-17(16(20)21,11-7-4-3-5-8-11)18-15(19)14-12-9-6-10-13(12)14/h3-5,7-8,12-14H,2,6,9-10H2,1H3,(H,18,19)(H,20,21). The number of rotatable bonds is 5. The molecule has 0 aromatic heterocycles. The van der Waals surface area contributed by atoms with Crippen molar-refractivity contribution in [1.29, 1.82) is 0 Å². The number of carboxylic acids is 1. The third kappa shape index (κ3) is 2.23. The zero-order valence-electron chi connectivity index (χ0n) is 12.2. The summed E-state index contributed by atoms with van der Waals surface area (Å²) in [6.45, 7) is 1.80. The molecule has 0 saturated heterocycles. The van der Waals surface area contributed by atoms with Gasteiger partial charge >= 0.3 is 5.97 Å². The molecule has 4 nitrogen and oxygen atoms in total. The van der Waals surface area contributed by atoms with Gasteiger partial charge in [0.05, 0.1) is 0 Å². The van der Waals surface area contributed by atoms with Crippen molar-refractivity contribution in [3.63, 3.8) is 0 Å². The van der Waals surface area contributed by atoms with E-state index in [9.17, 15) is 14.7 Å². The average Bonchev–Trinajstić information content (AvgIpc) is 2.98. The largest absolute Gasteiger partial charge is 0.479 e. The van der Waals surface area contributed by atoms with Gasteiger partial charge in [0, 0.05) is 5.92 Å². The molecule has 21 heavy (non-hydrogen) atoms. The van der Waals surface area contributed by atoms with Crippen LogP contribution in [0.2, 0.25) is 0 Å². The molecule has 0 aliphatic heterocycles. The molecule has 0 bridgehead atoms. The van der Waals surface area contributed by atoms with Crippen LogP contribution in [-0.4, -0.2) is 17.0 Å². The summed E-state index contributed by atoms with van der Waals surface area (Å²) in [7, 11) is 0. The molecule has 0 radical (unpaired) electrons. The Hall–Kier alpha value is -1.84. The smallest absolute Gasteiger partial charge is 0.334 e. The van der Waals surface area contributed by atoms with Crippen molar-refractivity contribution in [3.8, 4) is 0 Å². The highest BCUT2D eigenvalue weighted by Gasteiger charge is 2.58. The number of carbonyl (C=O) groups excluding carboxylic acids is 1. The molecule has 3 unspecified atom stereocenters. The number of hydrogen-bond acceptors (Lipinski definition) is 2. The maximum Gasteiger partial charge on any atom is 0.334 e. The molecule has 4 heteroatoms. The number of nitrogens with one attached hydrogen (secondary N) is 1. The van der Waals surface area contributed by atoms with E-state index in [-0.39, 0.29) is 11.8 Å². The van der Waals surface area contributed by atoms with Gasteiger partial charge < -0.3 is 10.4 Å². The Morgan fingerprint density at radius 1 is 1.24 bits per heavy atom. The number of carboxylic acid groups (broad SMARTS) is 1. The third-order valence-electron chi connectivity index (χ3n) is 5.21. The van der Waals surface area contributed by atoms with Crippen molar-refractivity contribution >= 4 is 11.9 Å². The Kier molecular flexibility index (Phi) is 3.47. The molecule has 3 rings (SSSR count). The van der Waals surface area contributed by atoms with E-state index in [1.165, 1.54) is 6.42 Å². The van der Waals surface area contributed by atoms with Gasteiger partial charge in [-0.2, -0.15) is 0 Å². The predicted octanol–water partition coefficient (Wildman–Crippen LogP) is 2.54. The highest BCUT2D eigenvalue weighted by Crippen LogP contribution is 2.57. The van der Waals surface area contributed by atoms with Gasteiger partial charge in [0.25, 0.3) is 0 Å². The lowest BCUT2D eigenvalue weighted by atomic mass is 9.86. The van der Waals surface area contributed by atoms with Crippen LogP contribution >= 0.6 is 0 Å². The summed E-state index contributed by atoms with van der Waals surface area (Å²) >= 11 is 0. The van der Waals surface area contributed by atoms with E-state index in [0.29, 0.717) is 23.8 Å². The molecule has 2 aliphatic rings. The molecule has 1 aromatic carbocycles. The van der Waals surface area contributed by atoms with E-state index < -0.39 is 11.5 Å². The molecule has 0 spiro atoms. The van der Waals surface area contributed by atoms with Gasteiger partial charge in [-0.15, -0.1) is 0 Å². The van der Waals surface area contributed by atoms with Crippen LogP contribution < -0.4 is 5.32 Å². The predicted molar refractivity (Wildman–Crippen MR) is 78.5 cm³/mol. The third-order valence-corrected chi connectivity index (χ3v) is 5.21.